The predicted octanol–water partition coefficient (Wildman–Crippen LogP) is 1.87. The van der Waals surface area contributed by atoms with Gasteiger partial charge in [-0.3, -0.25) is 9.59 Å². The molecule has 1 aromatic carbocycles. The molecule has 1 aliphatic rings. The molecule has 0 spiro atoms. The van der Waals surface area contributed by atoms with Crippen molar-refractivity contribution in [1.29, 1.82) is 0 Å². The lowest BCUT2D eigenvalue weighted by Crippen LogP contribution is -2.37. The van der Waals surface area contributed by atoms with Crippen molar-refractivity contribution in [3.05, 3.63) is 29.8 Å². The van der Waals surface area contributed by atoms with Crippen molar-refractivity contribution >= 4 is 17.5 Å². The zero-order chi connectivity index (χ0) is 18.4. The van der Waals surface area contributed by atoms with Crippen molar-refractivity contribution in [2.45, 2.75) is 58.3 Å². The predicted molar refractivity (Wildman–Crippen MR) is 96.2 cm³/mol. The summed E-state index contributed by atoms with van der Waals surface area (Å²) in [6, 6.07) is 6.99. The molecule has 1 fully saturated rings. The maximum Gasteiger partial charge on any atom is 0.253 e. The molecule has 0 saturated carbocycles. The van der Waals surface area contributed by atoms with Crippen molar-refractivity contribution in [2.24, 2.45) is 5.92 Å². The summed E-state index contributed by atoms with van der Waals surface area (Å²) in [5, 5.41) is 14.8. The lowest BCUT2D eigenvalue weighted by molar-refractivity contribution is -0.127. The van der Waals surface area contributed by atoms with Crippen molar-refractivity contribution < 1.29 is 19.4 Å². The minimum Gasteiger partial charge on any atom is -0.394 e. The molecule has 0 aromatic heterocycles. The Bertz CT molecular complexity index is 584. The smallest absolute Gasteiger partial charge is 0.253 e. The van der Waals surface area contributed by atoms with Gasteiger partial charge in [0.2, 0.25) is 5.91 Å². The van der Waals surface area contributed by atoms with Gasteiger partial charge in [-0.15, -0.1) is 0 Å². The van der Waals surface area contributed by atoms with Crippen LogP contribution in [0.15, 0.2) is 24.3 Å². The fourth-order valence-electron chi connectivity index (χ4n) is 3.07. The second-order valence-corrected chi connectivity index (χ2v) is 6.80. The number of aliphatic hydroxyl groups excluding tert-OH is 1. The molecule has 3 N–H and O–H groups in total. The molecule has 1 saturated heterocycles. The molecular formula is C19H28N2O4. The van der Waals surface area contributed by atoms with E-state index in [9.17, 15) is 9.59 Å². The van der Waals surface area contributed by atoms with Crippen molar-refractivity contribution in [3.63, 3.8) is 0 Å². The fraction of sp³-hybridized carbons (Fsp3) is 0.579. The van der Waals surface area contributed by atoms with Crippen LogP contribution in [-0.4, -0.2) is 41.8 Å². The van der Waals surface area contributed by atoms with Crippen LogP contribution in [0.3, 0.4) is 0 Å². The summed E-state index contributed by atoms with van der Waals surface area (Å²) >= 11 is 0. The van der Waals surface area contributed by atoms with Gasteiger partial charge in [0.25, 0.3) is 5.91 Å². The van der Waals surface area contributed by atoms with Crippen LogP contribution in [-0.2, 0) is 20.7 Å². The Morgan fingerprint density at radius 3 is 2.48 bits per heavy atom. The quantitative estimate of drug-likeness (QED) is 0.702. The summed E-state index contributed by atoms with van der Waals surface area (Å²) in [6.45, 7) is 5.84. The Kier molecular flexibility index (Phi) is 6.96. The third kappa shape index (κ3) is 5.54. The number of carbonyl (C=O) groups excluding carboxylic acids is 2. The highest BCUT2D eigenvalue weighted by Gasteiger charge is 2.34. The zero-order valence-electron chi connectivity index (χ0n) is 15.1. The first-order valence-electron chi connectivity index (χ1n) is 8.88. The molecule has 0 unspecified atom stereocenters. The van der Waals surface area contributed by atoms with E-state index in [-0.39, 0.29) is 42.9 Å². The highest BCUT2D eigenvalue weighted by atomic mass is 16.5. The number of aliphatic hydroxyl groups is 1. The van der Waals surface area contributed by atoms with Crippen LogP contribution >= 0.6 is 0 Å². The number of nitrogens with one attached hydrogen (secondary N) is 2. The van der Waals surface area contributed by atoms with E-state index in [0.717, 1.165) is 12.0 Å². The third-order valence-electron chi connectivity index (χ3n) is 4.52. The Balaban J connectivity index is 1.87. The van der Waals surface area contributed by atoms with E-state index >= 15 is 0 Å². The maximum absolute atomic E-state index is 12.3. The molecular weight excluding hydrogens is 320 g/mol. The number of rotatable bonds is 7. The highest BCUT2D eigenvalue weighted by molar-refractivity contribution is 5.94. The van der Waals surface area contributed by atoms with Gasteiger partial charge in [0.15, 0.2) is 0 Å². The number of hydrogen-bond donors (Lipinski definition) is 3. The van der Waals surface area contributed by atoms with Gasteiger partial charge in [-0.25, -0.2) is 0 Å². The minimum absolute atomic E-state index is 0.0620. The monoisotopic (exact) mass is 348 g/mol. The number of hydrogen-bond acceptors (Lipinski definition) is 4. The van der Waals surface area contributed by atoms with Crippen LogP contribution in [0.4, 0.5) is 5.69 Å². The topological polar surface area (TPSA) is 87.7 Å². The standard InChI is InChI=1S/C19H28N2O4/c1-4-15(11-22)20-17(23)10-14-5-7-16(8-6-14)21-19(24)18-12(2)9-13(3)25-18/h5-8,12-13,15,18,22H,4,9-11H2,1-3H3,(H,20,23)(H,21,24)/t12-,13-,15+,18+/m0/s1. The number of benzene rings is 1. The van der Waals surface area contributed by atoms with Gasteiger partial charge in [-0.2, -0.15) is 0 Å². The molecule has 4 atom stereocenters. The molecule has 0 bridgehead atoms. The SMILES string of the molecule is CC[C@H](CO)NC(=O)Cc1ccc(NC(=O)[C@@H]2O[C@@H](C)C[C@@H]2C)cc1. The Morgan fingerprint density at radius 1 is 1.28 bits per heavy atom. The van der Waals surface area contributed by atoms with Crippen LogP contribution < -0.4 is 10.6 Å². The van der Waals surface area contributed by atoms with Crippen LogP contribution in [0.25, 0.3) is 0 Å². The summed E-state index contributed by atoms with van der Waals surface area (Å²) < 4.78 is 5.66. The van der Waals surface area contributed by atoms with Gasteiger partial charge in [0.05, 0.1) is 25.2 Å². The van der Waals surface area contributed by atoms with Gasteiger partial charge < -0.3 is 20.5 Å². The molecule has 1 heterocycles. The zero-order valence-corrected chi connectivity index (χ0v) is 15.1. The first kappa shape index (κ1) is 19.4. The van der Waals surface area contributed by atoms with Gasteiger partial charge in [0.1, 0.15) is 6.10 Å². The van der Waals surface area contributed by atoms with Crippen molar-refractivity contribution in [3.8, 4) is 0 Å². The van der Waals surface area contributed by atoms with E-state index in [1.165, 1.54) is 0 Å². The Hall–Kier alpha value is -1.92. The molecule has 1 aromatic rings. The first-order chi connectivity index (χ1) is 11.9. The molecule has 25 heavy (non-hydrogen) atoms. The molecule has 6 nitrogen and oxygen atoms in total. The fourth-order valence-corrected chi connectivity index (χ4v) is 3.07. The summed E-state index contributed by atoms with van der Waals surface area (Å²) in [4.78, 5) is 24.2. The van der Waals surface area contributed by atoms with E-state index in [1.54, 1.807) is 12.1 Å². The largest absolute Gasteiger partial charge is 0.394 e. The summed E-state index contributed by atoms with van der Waals surface area (Å²) in [5.74, 6) is -0.0491. The maximum atomic E-state index is 12.3. The molecule has 6 heteroatoms. The van der Waals surface area contributed by atoms with Crippen molar-refractivity contribution in [2.75, 3.05) is 11.9 Å². The van der Waals surface area contributed by atoms with Crippen molar-refractivity contribution in [1.82, 2.24) is 5.32 Å². The Morgan fingerprint density at radius 2 is 1.96 bits per heavy atom. The van der Waals surface area contributed by atoms with E-state index in [2.05, 4.69) is 10.6 Å². The lowest BCUT2D eigenvalue weighted by Gasteiger charge is -2.15. The van der Waals surface area contributed by atoms with Crippen LogP contribution in [0, 0.1) is 5.92 Å². The second kappa shape index (κ2) is 8.97. The van der Waals surface area contributed by atoms with Gasteiger partial charge in [-0.1, -0.05) is 26.0 Å². The Labute approximate surface area is 149 Å². The summed E-state index contributed by atoms with van der Waals surface area (Å²) in [6.07, 6.45) is 1.51. The summed E-state index contributed by atoms with van der Waals surface area (Å²) in [7, 11) is 0. The van der Waals surface area contributed by atoms with Gasteiger partial charge in [-0.05, 0) is 43.4 Å². The van der Waals surface area contributed by atoms with E-state index in [1.807, 2.05) is 32.9 Å². The van der Waals surface area contributed by atoms with E-state index < -0.39 is 6.10 Å². The number of ether oxygens (including phenoxy) is 1. The number of carbonyl (C=O) groups is 2. The normalized spacial score (nSPS) is 23.9. The molecule has 2 amide bonds. The molecule has 1 aliphatic heterocycles. The van der Waals surface area contributed by atoms with Crippen LogP contribution in [0.2, 0.25) is 0 Å². The van der Waals surface area contributed by atoms with E-state index in [4.69, 9.17) is 9.84 Å². The molecule has 0 radical (unpaired) electrons. The first-order valence-corrected chi connectivity index (χ1v) is 8.88. The number of amides is 2. The minimum atomic E-state index is -0.412. The third-order valence-corrected chi connectivity index (χ3v) is 4.52. The molecule has 2 rings (SSSR count). The summed E-state index contributed by atoms with van der Waals surface area (Å²) in [5.41, 5.74) is 1.54. The van der Waals surface area contributed by atoms with Crippen LogP contribution in [0.5, 0.6) is 0 Å². The lowest BCUT2D eigenvalue weighted by atomic mass is 10.0. The second-order valence-electron chi connectivity index (χ2n) is 6.80. The number of anilines is 1. The van der Waals surface area contributed by atoms with Gasteiger partial charge in [0, 0.05) is 5.69 Å². The van der Waals surface area contributed by atoms with Gasteiger partial charge >= 0.3 is 0 Å². The van der Waals surface area contributed by atoms with Crippen LogP contribution in [0.1, 0.15) is 39.2 Å². The molecule has 0 aliphatic carbocycles. The average Bonchev–Trinajstić information content (AvgIpc) is 2.93. The van der Waals surface area contributed by atoms with E-state index in [0.29, 0.717) is 12.1 Å². The molecule has 138 valence electrons. The highest BCUT2D eigenvalue weighted by Crippen LogP contribution is 2.26. The average molecular weight is 348 g/mol.